The van der Waals surface area contributed by atoms with Crippen molar-refractivity contribution in [2.24, 2.45) is 0 Å². The van der Waals surface area contributed by atoms with E-state index >= 15 is 0 Å². The highest BCUT2D eigenvalue weighted by Crippen LogP contribution is 2.29. The number of non-ortho nitro benzene ring substituents is 1. The Morgan fingerprint density at radius 3 is 2.78 bits per heavy atom. The number of aromatic nitrogens is 4. The van der Waals surface area contributed by atoms with Crippen LogP contribution in [0.25, 0.3) is 33.5 Å². The van der Waals surface area contributed by atoms with Crippen LogP contribution in [0.5, 0.6) is 0 Å². The second kappa shape index (κ2) is 5.06. The molecule has 0 saturated carbocycles. The van der Waals surface area contributed by atoms with E-state index in [9.17, 15) is 10.1 Å². The lowest BCUT2D eigenvalue weighted by atomic mass is 10.1. The summed E-state index contributed by atoms with van der Waals surface area (Å²) in [5.41, 5.74) is 3.92. The maximum atomic E-state index is 10.9. The predicted molar refractivity (Wildman–Crippen MR) is 85.8 cm³/mol. The molecule has 0 unspecified atom stereocenters. The van der Waals surface area contributed by atoms with Crippen molar-refractivity contribution in [1.82, 2.24) is 20.2 Å². The van der Waals surface area contributed by atoms with E-state index in [1.165, 1.54) is 12.1 Å². The van der Waals surface area contributed by atoms with Gasteiger partial charge in [-0.25, -0.2) is 4.98 Å². The number of nitrogens with one attached hydrogen (secondary N) is 2. The number of hydrogen-bond donors (Lipinski definition) is 2. The quantitative estimate of drug-likeness (QED) is 0.446. The first kappa shape index (κ1) is 13.2. The molecule has 0 aliphatic carbocycles. The molecule has 4 rings (SSSR count). The third kappa shape index (κ3) is 2.24. The first-order valence-corrected chi connectivity index (χ1v) is 6.95. The summed E-state index contributed by atoms with van der Waals surface area (Å²) >= 11 is 0. The minimum absolute atomic E-state index is 0.0550. The zero-order chi connectivity index (χ0) is 15.8. The fourth-order valence-corrected chi connectivity index (χ4v) is 2.54. The zero-order valence-electron chi connectivity index (χ0n) is 11.9. The number of fused-ring (bicyclic) bond motifs is 1. The highest BCUT2D eigenvalue weighted by molar-refractivity contribution is 5.92. The summed E-state index contributed by atoms with van der Waals surface area (Å²) in [5.74, 6) is 0. The molecule has 0 atom stereocenters. The molecule has 1 aromatic carbocycles. The van der Waals surface area contributed by atoms with E-state index in [-0.39, 0.29) is 5.69 Å². The number of nitro benzene ring substituents is 1. The normalized spacial score (nSPS) is 11.0. The predicted octanol–water partition coefficient (Wildman–Crippen LogP) is 3.53. The smallest absolute Gasteiger partial charge is 0.270 e. The van der Waals surface area contributed by atoms with Crippen LogP contribution in [0.3, 0.4) is 0 Å². The van der Waals surface area contributed by atoms with Gasteiger partial charge in [-0.15, -0.1) is 0 Å². The van der Waals surface area contributed by atoms with E-state index in [4.69, 9.17) is 0 Å². The topological polar surface area (TPSA) is 100 Å². The van der Waals surface area contributed by atoms with Crippen LogP contribution in [-0.2, 0) is 0 Å². The van der Waals surface area contributed by atoms with Gasteiger partial charge in [0.2, 0.25) is 0 Å². The summed E-state index contributed by atoms with van der Waals surface area (Å²) in [4.78, 5) is 18.0. The highest BCUT2D eigenvalue weighted by atomic mass is 16.6. The molecule has 23 heavy (non-hydrogen) atoms. The van der Waals surface area contributed by atoms with Gasteiger partial charge in [-0.2, -0.15) is 5.10 Å². The molecule has 0 radical (unpaired) electrons. The summed E-state index contributed by atoms with van der Waals surface area (Å²) in [6.07, 6.45) is 3.51. The fraction of sp³-hybridized carbons (Fsp3) is 0. The Bertz CT molecular complexity index is 1000. The van der Waals surface area contributed by atoms with Crippen molar-refractivity contribution in [3.05, 3.63) is 65.0 Å². The van der Waals surface area contributed by atoms with Crippen molar-refractivity contribution < 1.29 is 4.92 Å². The average Bonchev–Trinajstić information content (AvgIpc) is 3.23. The van der Waals surface area contributed by atoms with Crippen molar-refractivity contribution >= 4 is 16.7 Å². The number of hydrogen-bond acceptors (Lipinski definition) is 4. The standard InChI is InChI=1S/C16H11N5O2/c22-21(23)12-4-1-3-10(7-12)11-8-13-15(14-5-2-6-17-14)19-20-16(13)18-9-11/h1-9,17H,(H,18,19,20). The number of pyridine rings is 1. The monoisotopic (exact) mass is 305 g/mol. The zero-order valence-corrected chi connectivity index (χ0v) is 11.9. The van der Waals surface area contributed by atoms with E-state index in [0.717, 1.165) is 27.9 Å². The number of H-pyrrole nitrogens is 2. The van der Waals surface area contributed by atoms with Crippen molar-refractivity contribution in [1.29, 1.82) is 0 Å². The maximum absolute atomic E-state index is 10.9. The number of rotatable bonds is 3. The van der Waals surface area contributed by atoms with Gasteiger partial charge in [0.15, 0.2) is 5.65 Å². The molecule has 0 spiro atoms. The van der Waals surface area contributed by atoms with Gasteiger partial charge in [-0.3, -0.25) is 15.2 Å². The number of nitro groups is 1. The van der Waals surface area contributed by atoms with Gasteiger partial charge < -0.3 is 4.98 Å². The van der Waals surface area contributed by atoms with E-state index in [1.807, 2.05) is 30.5 Å². The largest absolute Gasteiger partial charge is 0.360 e. The van der Waals surface area contributed by atoms with Gasteiger partial charge >= 0.3 is 0 Å². The van der Waals surface area contributed by atoms with Crippen LogP contribution in [-0.4, -0.2) is 25.1 Å². The van der Waals surface area contributed by atoms with Crippen LogP contribution < -0.4 is 0 Å². The van der Waals surface area contributed by atoms with Crippen molar-refractivity contribution in [3.8, 4) is 22.5 Å². The van der Waals surface area contributed by atoms with Gasteiger partial charge in [0, 0.05) is 35.5 Å². The third-order valence-corrected chi connectivity index (χ3v) is 3.66. The lowest BCUT2D eigenvalue weighted by Gasteiger charge is -2.02. The molecule has 0 aliphatic heterocycles. The maximum Gasteiger partial charge on any atom is 0.270 e. The molecule has 7 nitrogen and oxygen atoms in total. The van der Waals surface area contributed by atoms with Gasteiger partial charge in [-0.1, -0.05) is 12.1 Å². The van der Waals surface area contributed by atoms with Gasteiger partial charge in [0.25, 0.3) is 5.69 Å². The molecule has 0 bridgehead atoms. The van der Waals surface area contributed by atoms with E-state index in [2.05, 4.69) is 20.2 Å². The molecule has 0 fully saturated rings. The lowest BCUT2D eigenvalue weighted by Crippen LogP contribution is -1.88. The second-order valence-electron chi connectivity index (χ2n) is 5.08. The average molecular weight is 305 g/mol. The van der Waals surface area contributed by atoms with Gasteiger partial charge in [-0.05, 0) is 23.8 Å². The Kier molecular flexibility index (Phi) is 2.90. The highest BCUT2D eigenvalue weighted by Gasteiger charge is 2.12. The number of nitrogens with zero attached hydrogens (tertiary/aromatic N) is 3. The summed E-state index contributed by atoms with van der Waals surface area (Å²) in [5, 5.41) is 19.0. The van der Waals surface area contributed by atoms with Crippen LogP contribution in [0.15, 0.2) is 54.9 Å². The lowest BCUT2D eigenvalue weighted by molar-refractivity contribution is -0.384. The summed E-state index contributed by atoms with van der Waals surface area (Å²) in [7, 11) is 0. The van der Waals surface area contributed by atoms with Crippen molar-refractivity contribution in [3.63, 3.8) is 0 Å². The third-order valence-electron chi connectivity index (χ3n) is 3.66. The first-order chi connectivity index (χ1) is 11.2. The van der Waals surface area contributed by atoms with Gasteiger partial charge in [0.1, 0.15) is 5.69 Å². The molecular weight excluding hydrogens is 294 g/mol. The molecule has 0 amide bonds. The Morgan fingerprint density at radius 2 is 2.00 bits per heavy atom. The second-order valence-corrected chi connectivity index (χ2v) is 5.08. The molecule has 3 aromatic heterocycles. The Hall–Kier alpha value is -3.48. The van der Waals surface area contributed by atoms with Crippen LogP contribution in [0.2, 0.25) is 0 Å². The first-order valence-electron chi connectivity index (χ1n) is 6.95. The number of benzene rings is 1. The fourth-order valence-electron chi connectivity index (χ4n) is 2.54. The molecule has 4 aromatic rings. The van der Waals surface area contributed by atoms with Crippen LogP contribution >= 0.6 is 0 Å². The van der Waals surface area contributed by atoms with Crippen molar-refractivity contribution in [2.45, 2.75) is 0 Å². The Labute approximate surface area is 130 Å². The van der Waals surface area contributed by atoms with E-state index in [1.54, 1.807) is 12.3 Å². The summed E-state index contributed by atoms with van der Waals surface area (Å²) < 4.78 is 0. The molecule has 2 N–H and O–H groups in total. The minimum Gasteiger partial charge on any atom is -0.360 e. The Morgan fingerprint density at radius 1 is 1.09 bits per heavy atom. The molecule has 7 heteroatoms. The molecular formula is C16H11N5O2. The van der Waals surface area contributed by atoms with Gasteiger partial charge in [0.05, 0.1) is 10.6 Å². The summed E-state index contributed by atoms with van der Waals surface area (Å²) in [6, 6.07) is 12.3. The Balaban J connectivity index is 1.87. The summed E-state index contributed by atoms with van der Waals surface area (Å²) in [6.45, 7) is 0. The van der Waals surface area contributed by atoms with Crippen LogP contribution in [0, 0.1) is 10.1 Å². The molecule has 112 valence electrons. The van der Waals surface area contributed by atoms with Crippen LogP contribution in [0.4, 0.5) is 5.69 Å². The molecule has 3 heterocycles. The number of aromatic amines is 2. The SMILES string of the molecule is O=[N+]([O-])c1cccc(-c2cnc3[nH]nc(-c4ccc[nH]4)c3c2)c1. The molecule has 0 aliphatic rings. The van der Waals surface area contributed by atoms with Crippen molar-refractivity contribution in [2.75, 3.05) is 0 Å². The minimum atomic E-state index is -0.405. The van der Waals surface area contributed by atoms with E-state index < -0.39 is 4.92 Å². The molecule has 0 saturated heterocycles. The van der Waals surface area contributed by atoms with Crippen LogP contribution in [0.1, 0.15) is 0 Å². The van der Waals surface area contributed by atoms with E-state index in [0.29, 0.717) is 5.65 Å².